The minimum atomic E-state index is 0.540. The van der Waals surface area contributed by atoms with Crippen molar-refractivity contribution in [2.75, 3.05) is 32.1 Å². The number of benzene rings is 1. The van der Waals surface area contributed by atoms with Gasteiger partial charge in [0.1, 0.15) is 5.75 Å². The molecule has 0 fully saturated rings. The standard InChI is InChI=1S/C15H26N2O/c1-11(2)16-7-8-17(5)14-9-12(3)15(18-6)13(4)10-14/h9-11,16H,7-8H2,1-6H3. The van der Waals surface area contributed by atoms with Crippen LogP contribution in [0, 0.1) is 13.8 Å². The quantitative estimate of drug-likeness (QED) is 0.840. The number of rotatable bonds is 6. The molecule has 0 aliphatic carbocycles. The Balaban J connectivity index is 2.71. The summed E-state index contributed by atoms with van der Waals surface area (Å²) in [4.78, 5) is 2.27. The van der Waals surface area contributed by atoms with Gasteiger partial charge in [0.25, 0.3) is 0 Å². The number of ether oxygens (including phenoxy) is 1. The summed E-state index contributed by atoms with van der Waals surface area (Å²) in [5, 5.41) is 3.43. The lowest BCUT2D eigenvalue weighted by molar-refractivity contribution is 0.408. The van der Waals surface area contributed by atoms with Crippen molar-refractivity contribution in [1.29, 1.82) is 0 Å². The molecule has 0 bridgehead atoms. The van der Waals surface area contributed by atoms with Gasteiger partial charge in [0, 0.05) is 31.9 Å². The highest BCUT2D eigenvalue weighted by Gasteiger charge is 2.08. The lowest BCUT2D eigenvalue weighted by Gasteiger charge is -2.22. The normalized spacial score (nSPS) is 10.8. The average Bonchev–Trinajstić information content (AvgIpc) is 2.27. The van der Waals surface area contributed by atoms with Gasteiger partial charge in [0.05, 0.1) is 7.11 Å². The third-order valence-electron chi connectivity index (χ3n) is 3.09. The number of nitrogens with zero attached hydrogens (tertiary/aromatic N) is 1. The van der Waals surface area contributed by atoms with Gasteiger partial charge < -0.3 is 15.0 Å². The summed E-state index contributed by atoms with van der Waals surface area (Å²) in [6, 6.07) is 4.90. The van der Waals surface area contributed by atoms with Crippen LogP contribution < -0.4 is 15.0 Å². The van der Waals surface area contributed by atoms with Gasteiger partial charge >= 0.3 is 0 Å². The van der Waals surface area contributed by atoms with E-state index < -0.39 is 0 Å². The van der Waals surface area contributed by atoms with Gasteiger partial charge in [-0.05, 0) is 37.1 Å². The van der Waals surface area contributed by atoms with Crippen LogP contribution in [0.4, 0.5) is 5.69 Å². The fourth-order valence-corrected chi connectivity index (χ4v) is 2.12. The fraction of sp³-hybridized carbons (Fsp3) is 0.600. The van der Waals surface area contributed by atoms with E-state index in [4.69, 9.17) is 4.74 Å². The topological polar surface area (TPSA) is 24.5 Å². The number of hydrogen-bond acceptors (Lipinski definition) is 3. The number of methoxy groups -OCH3 is 1. The summed E-state index contributed by atoms with van der Waals surface area (Å²) < 4.78 is 5.39. The molecular weight excluding hydrogens is 224 g/mol. The minimum absolute atomic E-state index is 0.540. The van der Waals surface area contributed by atoms with Gasteiger partial charge in [0.15, 0.2) is 0 Å². The Morgan fingerprint density at radius 1 is 1.22 bits per heavy atom. The van der Waals surface area contributed by atoms with Crippen molar-refractivity contribution in [1.82, 2.24) is 5.32 Å². The molecule has 0 saturated heterocycles. The zero-order valence-corrected chi connectivity index (χ0v) is 12.5. The molecule has 3 nitrogen and oxygen atoms in total. The molecule has 0 heterocycles. The van der Waals surface area contributed by atoms with Gasteiger partial charge in [-0.3, -0.25) is 0 Å². The van der Waals surface area contributed by atoms with E-state index in [0.29, 0.717) is 6.04 Å². The van der Waals surface area contributed by atoms with Crippen LogP contribution in [0.2, 0.25) is 0 Å². The lowest BCUT2D eigenvalue weighted by atomic mass is 10.1. The van der Waals surface area contributed by atoms with Crippen LogP contribution in [0.1, 0.15) is 25.0 Å². The Morgan fingerprint density at radius 2 is 1.78 bits per heavy atom. The third-order valence-corrected chi connectivity index (χ3v) is 3.09. The molecule has 0 radical (unpaired) electrons. The maximum Gasteiger partial charge on any atom is 0.124 e. The molecule has 1 aromatic rings. The van der Waals surface area contributed by atoms with Crippen molar-refractivity contribution in [3.05, 3.63) is 23.3 Å². The molecule has 102 valence electrons. The molecule has 0 aliphatic heterocycles. The van der Waals surface area contributed by atoms with Crippen LogP contribution in [-0.4, -0.2) is 33.3 Å². The zero-order chi connectivity index (χ0) is 13.7. The predicted octanol–water partition coefficient (Wildman–Crippen LogP) is 2.75. The summed E-state index contributed by atoms with van der Waals surface area (Å²) in [5.41, 5.74) is 3.63. The summed E-state index contributed by atoms with van der Waals surface area (Å²) in [7, 11) is 3.86. The van der Waals surface area contributed by atoms with Gasteiger partial charge in [0.2, 0.25) is 0 Å². The third kappa shape index (κ3) is 3.91. The highest BCUT2D eigenvalue weighted by Crippen LogP contribution is 2.28. The SMILES string of the molecule is COc1c(C)cc(N(C)CCNC(C)C)cc1C. The van der Waals surface area contributed by atoms with Gasteiger partial charge in [-0.1, -0.05) is 13.8 Å². The molecule has 0 unspecified atom stereocenters. The number of anilines is 1. The van der Waals surface area contributed by atoms with Gasteiger partial charge in [-0.25, -0.2) is 0 Å². The molecule has 3 heteroatoms. The van der Waals surface area contributed by atoms with Crippen molar-refractivity contribution in [3.63, 3.8) is 0 Å². The van der Waals surface area contributed by atoms with Crippen LogP contribution >= 0.6 is 0 Å². The second kappa shape index (κ2) is 6.64. The first-order valence-electron chi connectivity index (χ1n) is 6.55. The maximum atomic E-state index is 5.39. The Bertz CT molecular complexity index is 365. The molecule has 0 aliphatic rings. The molecule has 18 heavy (non-hydrogen) atoms. The van der Waals surface area contributed by atoms with Crippen LogP contribution in [-0.2, 0) is 0 Å². The van der Waals surface area contributed by atoms with Crippen molar-refractivity contribution in [2.45, 2.75) is 33.7 Å². The minimum Gasteiger partial charge on any atom is -0.496 e. The Kier molecular flexibility index (Phi) is 5.48. The molecule has 1 aromatic carbocycles. The first-order chi connectivity index (χ1) is 8.45. The maximum absolute atomic E-state index is 5.39. The lowest BCUT2D eigenvalue weighted by Crippen LogP contribution is -2.32. The first kappa shape index (κ1) is 14.8. The van der Waals surface area contributed by atoms with E-state index in [1.165, 1.54) is 16.8 Å². The van der Waals surface area contributed by atoms with Crippen LogP contribution in [0.3, 0.4) is 0 Å². The highest BCUT2D eigenvalue weighted by molar-refractivity contribution is 5.56. The summed E-state index contributed by atoms with van der Waals surface area (Å²) in [6.07, 6.45) is 0. The highest BCUT2D eigenvalue weighted by atomic mass is 16.5. The van der Waals surface area contributed by atoms with Gasteiger partial charge in [-0.15, -0.1) is 0 Å². The van der Waals surface area contributed by atoms with E-state index in [2.05, 4.69) is 57.1 Å². The van der Waals surface area contributed by atoms with Crippen LogP contribution in [0.25, 0.3) is 0 Å². The van der Waals surface area contributed by atoms with Crippen molar-refractivity contribution >= 4 is 5.69 Å². The summed E-state index contributed by atoms with van der Waals surface area (Å²) in [6.45, 7) is 10.5. The molecule has 1 rings (SSSR count). The molecule has 1 N–H and O–H groups in total. The van der Waals surface area contributed by atoms with Crippen LogP contribution in [0.5, 0.6) is 5.75 Å². The molecule has 0 atom stereocenters. The molecule has 0 aromatic heterocycles. The number of likely N-dealkylation sites (N-methyl/N-ethyl adjacent to an activating group) is 1. The van der Waals surface area contributed by atoms with E-state index >= 15 is 0 Å². The average molecular weight is 250 g/mol. The smallest absolute Gasteiger partial charge is 0.124 e. The number of nitrogens with one attached hydrogen (secondary N) is 1. The zero-order valence-electron chi connectivity index (χ0n) is 12.5. The predicted molar refractivity (Wildman–Crippen MR) is 78.9 cm³/mol. The van der Waals surface area contributed by atoms with Crippen molar-refractivity contribution in [2.24, 2.45) is 0 Å². The second-order valence-electron chi connectivity index (χ2n) is 5.14. The van der Waals surface area contributed by atoms with E-state index in [-0.39, 0.29) is 0 Å². The summed E-state index contributed by atoms with van der Waals surface area (Å²) >= 11 is 0. The largest absolute Gasteiger partial charge is 0.496 e. The Morgan fingerprint density at radius 3 is 2.22 bits per heavy atom. The molecule has 0 saturated carbocycles. The van der Waals surface area contributed by atoms with E-state index in [1.54, 1.807) is 7.11 Å². The van der Waals surface area contributed by atoms with Crippen LogP contribution in [0.15, 0.2) is 12.1 Å². The fourth-order valence-electron chi connectivity index (χ4n) is 2.12. The van der Waals surface area contributed by atoms with E-state index in [0.717, 1.165) is 18.8 Å². The molecule has 0 amide bonds. The number of aryl methyl sites for hydroxylation is 2. The molecule has 0 spiro atoms. The molecular formula is C15H26N2O. The first-order valence-corrected chi connectivity index (χ1v) is 6.55. The van der Waals surface area contributed by atoms with E-state index in [1.807, 2.05) is 0 Å². The van der Waals surface area contributed by atoms with Gasteiger partial charge in [-0.2, -0.15) is 0 Å². The van der Waals surface area contributed by atoms with Crippen molar-refractivity contribution in [3.8, 4) is 5.75 Å². The number of hydrogen-bond donors (Lipinski definition) is 1. The summed E-state index contributed by atoms with van der Waals surface area (Å²) in [5.74, 6) is 0.993. The monoisotopic (exact) mass is 250 g/mol. The van der Waals surface area contributed by atoms with Crippen molar-refractivity contribution < 1.29 is 4.74 Å². The Labute approximate surface area is 111 Å². The van der Waals surface area contributed by atoms with E-state index in [9.17, 15) is 0 Å². The Hall–Kier alpha value is -1.22. The second-order valence-corrected chi connectivity index (χ2v) is 5.14.